The highest BCUT2D eigenvalue weighted by Gasteiger charge is 2.35. The van der Waals surface area contributed by atoms with E-state index < -0.39 is 28.5 Å². The van der Waals surface area contributed by atoms with Crippen LogP contribution in [0.4, 0.5) is 5.69 Å². The third kappa shape index (κ3) is 8.76. The van der Waals surface area contributed by atoms with E-state index in [9.17, 15) is 18.0 Å². The number of sulfonamides is 1. The largest absolute Gasteiger partial charge is 0.497 e. The van der Waals surface area contributed by atoms with Gasteiger partial charge in [0, 0.05) is 30.2 Å². The molecular weight excluding hydrogens is 634 g/mol. The minimum atomic E-state index is -4.45. The molecule has 13 heteroatoms. The number of ether oxygens (including phenoxy) is 4. The van der Waals surface area contributed by atoms with Gasteiger partial charge in [-0.1, -0.05) is 44.5 Å². The first-order valence-corrected chi connectivity index (χ1v) is 16.5. The van der Waals surface area contributed by atoms with Crippen molar-refractivity contribution in [3.05, 3.63) is 71.2 Å². The summed E-state index contributed by atoms with van der Waals surface area (Å²) in [4.78, 5) is 29.1. The van der Waals surface area contributed by atoms with Crippen molar-refractivity contribution in [2.24, 2.45) is 5.92 Å². The molecule has 46 heavy (non-hydrogen) atoms. The van der Waals surface area contributed by atoms with Crippen LogP contribution in [-0.4, -0.2) is 72.7 Å². The van der Waals surface area contributed by atoms with Crippen molar-refractivity contribution in [1.82, 2.24) is 10.2 Å². The molecule has 250 valence electrons. The Hall–Kier alpha value is -4.16. The minimum absolute atomic E-state index is 0.0309. The van der Waals surface area contributed by atoms with Crippen LogP contribution in [-0.2, 0) is 26.2 Å². The summed E-state index contributed by atoms with van der Waals surface area (Å²) in [6, 6.07) is 14.8. The second-order valence-corrected chi connectivity index (χ2v) is 13.1. The van der Waals surface area contributed by atoms with Crippen LogP contribution in [0, 0.1) is 5.92 Å². The SMILES string of the molecule is CC[C@H](C(=O)NCC(C)C)N(Cc1ccc(Cl)cc1)C(=O)CN(c1cc(OC)ccc1OC)S(=O)(=O)c1ccc(OC)c(OC)c1. The number of halogens is 1. The van der Waals surface area contributed by atoms with Gasteiger partial charge in [0.15, 0.2) is 11.5 Å². The molecule has 0 aliphatic rings. The summed E-state index contributed by atoms with van der Waals surface area (Å²) in [7, 11) is 1.22. The van der Waals surface area contributed by atoms with Gasteiger partial charge in [-0.05, 0) is 54.3 Å². The molecule has 0 spiro atoms. The van der Waals surface area contributed by atoms with Gasteiger partial charge in [-0.15, -0.1) is 0 Å². The number of hydrogen-bond donors (Lipinski definition) is 1. The Morgan fingerprint density at radius 3 is 2.04 bits per heavy atom. The molecule has 3 aromatic rings. The van der Waals surface area contributed by atoms with Gasteiger partial charge >= 0.3 is 0 Å². The molecule has 0 bridgehead atoms. The van der Waals surface area contributed by atoms with E-state index in [1.165, 1.54) is 57.6 Å². The first kappa shape index (κ1) is 36.3. The molecule has 0 radical (unpaired) electrons. The fraction of sp³-hybridized carbons (Fsp3) is 0.394. The molecule has 0 saturated heterocycles. The molecule has 0 aliphatic carbocycles. The number of nitrogens with zero attached hydrogens (tertiary/aromatic N) is 2. The third-order valence-corrected chi connectivity index (χ3v) is 9.22. The predicted octanol–water partition coefficient (Wildman–Crippen LogP) is 5.15. The molecular formula is C33H42ClN3O8S. The second kappa shape index (κ2) is 16.4. The minimum Gasteiger partial charge on any atom is -0.497 e. The predicted molar refractivity (Wildman–Crippen MR) is 178 cm³/mol. The first-order chi connectivity index (χ1) is 21.9. The van der Waals surface area contributed by atoms with Crippen LogP contribution in [0.5, 0.6) is 23.0 Å². The van der Waals surface area contributed by atoms with Gasteiger partial charge in [0.1, 0.15) is 24.1 Å². The molecule has 0 saturated carbocycles. The van der Waals surface area contributed by atoms with Crippen LogP contribution in [0.2, 0.25) is 5.02 Å². The Morgan fingerprint density at radius 2 is 1.48 bits per heavy atom. The molecule has 0 unspecified atom stereocenters. The van der Waals surface area contributed by atoms with Crippen LogP contribution in [0.25, 0.3) is 0 Å². The van der Waals surface area contributed by atoms with Crippen molar-refractivity contribution in [2.45, 2.75) is 44.7 Å². The zero-order valence-corrected chi connectivity index (χ0v) is 28.8. The Kier molecular flexibility index (Phi) is 13.0. The summed E-state index contributed by atoms with van der Waals surface area (Å²) in [6.07, 6.45) is 0.286. The lowest BCUT2D eigenvalue weighted by Gasteiger charge is -2.33. The van der Waals surface area contributed by atoms with Crippen molar-refractivity contribution in [2.75, 3.05) is 45.8 Å². The maximum atomic E-state index is 14.4. The van der Waals surface area contributed by atoms with E-state index in [4.69, 9.17) is 30.5 Å². The number of benzene rings is 3. The van der Waals surface area contributed by atoms with E-state index >= 15 is 0 Å². The maximum Gasteiger partial charge on any atom is 0.265 e. The lowest BCUT2D eigenvalue weighted by atomic mass is 10.1. The number of carbonyl (C=O) groups is 2. The third-order valence-electron chi connectivity index (χ3n) is 7.21. The fourth-order valence-corrected chi connectivity index (χ4v) is 6.30. The van der Waals surface area contributed by atoms with Gasteiger partial charge in [-0.2, -0.15) is 0 Å². The van der Waals surface area contributed by atoms with Gasteiger partial charge in [-0.25, -0.2) is 8.42 Å². The Balaban J connectivity index is 2.18. The summed E-state index contributed by atoms with van der Waals surface area (Å²) in [6.45, 7) is 5.52. The molecule has 11 nitrogen and oxygen atoms in total. The lowest BCUT2D eigenvalue weighted by Crippen LogP contribution is -2.52. The van der Waals surface area contributed by atoms with Gasteiger partial charge in [0.05, 0.1) is 39.0 Å². The van der Waals surface area contributed by atoms with Crippen LogP contribution < -0.4 is 28.6 Å². The summed E-state index contributed by atoms with van der Waals surface area (Å²) >= 11 is 6.10. The average Bonchev–Trinajstić information content (AvgIpc) is 3.05. The molecule has 1 atom stereocenters. The molecule has 0 aliphatic heterocycles. The molecule has 3 rings (SSSR count). The summed E-state index contributed by atoms with van der Waals surface area (Å²) in [5.74, 6) is 0.267. The topological polar surface area (TPSA) is 124 Å². The highest BCUT2D eigenvalue weighted by molar-refractivity contribution is 7.92. The molecule has 2 amide bonds. The molecule has 0 heterocycles. The molecule has 3 aromatic carbocycles. The number of anilines is 1. The summed E-state index contributed by atoms with van der Waals surface area (Å²) in [5.41, 5.74) is 0.773. The van der Waals surface area contributed by atoms with Crippen molar-refractivity contribution < 1.29 is 37.0 Å². The summed E-state index contributed by atoms with van der Waals surface area (Å²) in [5, 5.41) is 3.43. The van der Waals surface area contributed by atoms with Gasteiger partial charge in [0.25, 0.3) is 10.0 Å². The number of amides is 2. The first-order valence-electron chi connectivity index (χ1n) is 14.7. The number of hydrogen-bond acceptors (Lipinski definition) is 8. The standard InChI is InChI=1S/C33H42ClN3O8S/c1-8-27(33(39)35-19-22(2)3)36(20-23-9-11-24(34)12-10-23)32(38)21-37(28-17-25(42-4)13-15-29(28)43-5)46(40,41)26-14-16-30(44-6)31(18-26)45-7/h9-18,22,27H,8,19-21H2,1-7H3,(H,35,39)/t27-/m1/s1. The lowest BCUT2D eigenvalue weighted by molar-refractivity contribution is -0.140. The van der Waals surface area contributed by atoms with Crippen LogP contribution in [0.1, 0.15) is 32.8 Å². The van der Waals surface area contributed by atoms with Crippen molar-refractivity contribution in [3.63, 3.8) is 0 Å². The van der Waals surface area contributed by atoms with E-state index in [-0.39, 0.29) is 46.9 Å². The monoisotopic (exact) mass is 675 g/mol. The number of methoxy groups -OCH3 is 4. The van der Waals surface area contributed by atoms with Gasteiger partial charge < -0.3 is 29.2 Å². The van der Waals surface area contributed by atoms with Crippen molar-refractivity contribution >= 4 is 39.1 Å². The van der Waals surface area contributed by atoms with Gasteiger partial charge in [0.2, 0.25) is 11.8 Å². The van der Waals surface area contributed by atoms with E-state index in [0.29, 0.717) is 28.6 Å². The smallest absolute Gasteiger partial charge is 0.265 e. The highest BCUT2D eigenvalue weighted by Crippen LogP contribution is 2.38. The number of rotatable bonds is 16. The quantitative estimate of drug-likeness (QED) is 0.221. The van der Waals surface area contributed by atoms with E-state index in [0.717, 1.165) is 4.31 Å². The highest BCUT2D eigenvalue weighted by atomic mass is 35.5. The zero-order valence-electron chi connectivity index (χ0n) is 27.2. The summed E-state index contributed by atoms with van der Waals surface area (Å²) < 4.78 is 51.4. The van der Waals surface area contributed by atoms with Gasteiger partial charge in [-0.3, -0.25) is 13.9 Å². The van der Waals surface area contributed by atoms with Crippen LogP contribution >= 0.6 is 11.6 Å². The Labute approximate surface area is 276 Å². The Morgan fingerprint density at radius 1 is 0.848 bits per heavy atom. The van der Waals surface area contributed by atoms with E-state index in [1.54, 1.807) is 43.3 Å². The molecule has 0 fully saturated rings. The maximum absolute atomic E-state index is 14.4. The Bertz CT molecular complexity index is 1600. The van der Waals surface area contributed by atoms with E-state index in [2.05, 4.69) is 5.32 Å². The molecule has 0 aromatic heterocycles. The van der Waals surface area contributed by atoms with Crippen molar-refractivity contribution in [3.8, 4) is 23.0 Å². The number of nitrogens with one attached hydrogen (secondary N) is 1. The average molecular weight is 676 g/mol. The fourth-order valence-electron chi connectivity index (χ4n) is 4.74. The van der Waals surface area contributed by atoms with Crippen molar-refractivity contribution in [1.29, 1.82) is 0 Å². The van der Waals surface area contributed by atoms with Crippen LogP contribution in [0.15, 0.2) is 65.6 Å². The second-order valence-electron chi connectivity index (χ2n) is 10.8. The zero-order chi connectivity index (χ0) is 34.0. The normalized spacial score (nSPS) is 11.8. The van der Waals surface area contributed by atoms with E-state index in [1.807, 2.05) is 13.8 Å². The number of carbonyl (C=O) groups excluding carboxylic acids is 2. The molecule has 1 N–H and O–H groups in total. The van der Waals surface area contributed by atoms with Crippen LogP contribution in [0.3, 0.4) is 0 Å².